The van der Waals surface area contributed by atoms with Crippen LogP contribution in [0.4, 0.5) is 13.2 Å². The Morgan fingerprint density at radius 1 is 1.03 bits per heavy atom. The Balaban J connectivity index is 1.49. The van der Waals surface area contributed by atoms with Crippen LogP contribution in [0.3, 0.4) is 0 Å². The first-order valence-electron chi connectivity index (χ1n) is 11.4. The molecule has 180 valence electrons. The van der Waals surface area contributed by atoms with E-state index in [2.05, 4.69) is 22.2 Å². The minimum Gasteiger partial charge on any atom is -0.493 e. The van der Waals surface area contributed by atoms with E-state index in [1.807, 2.05) is 18.2 Å². The second-order valence-corrected chi connectivity index (χ2v) is 8.55. The summed E-state index contributed by atoms with van der Waals surface area (Å²) in [6, 6.07) is 14.5. The first-order chi connectivity index (χ1) is 15.9. The number of hydrogen-bond donors (Lipinski definition) is 2. The number of hydrogen-bond acceptors (Lipinski definition) is 4. The number of likely N-dealkylation sites (tertiary alicyclic amines) is 1. The summed E-state index contributed by atoms with van der Waals surface area (Å²) in [6.45, 7) is 2.05. The van der Waals surface area contributed by atoms with Gasteiger partial charge in [0.15, 0.2) is 0 Å². The van der Waals surface area contributed by atoms with Gasteiger partial charge in [-0.2, -0.15) is 13.2 Å². The molecule has 1 saturated heterocycles. The molecule has 0 unspecified atom stereocenters. The molecule has 0 radical (unpaired) electrons. The van der Waals surface area contributed by atoms with Gasteiger partial charge in [-0.1, -0.05) is 41.6 Å². The standard InChI is InChI=1S/C25H32F3N3O2/c26-25(27,28)22-17-20(18-31-14-12-21(13-15-31)24(29)30-32)10-11-23(22)33-16-6-2-5-9-19-7-3-1-4-8-19/h1,3-4,7-8,10-11,17,21,32H,2,5-6,9,12-16,18H2,(H2,29,30). The summed E-state index contributed by atoms with van der Waals surface area (Å²) in [5.41, 5.74) is 6.80. The lowest BCUT2D eigenvalue weighted by Gasteiger charge is -2.31. The second kappa shape index (κ2) is 11.9. The molecule has 2 aromatic carbocycles. The highest BCUT2D eigenvalue weighted by Crippen LogP contribution is 2.37. The Morgan fingerprint density at radius 2 is 1.76 bits per heavy atom. The molecule has 1 aliphatic heterocycles. The van der Waals surface area contributed by atoms with Gasteiger partial charge in [-0.05, 0) is 74.9 Å². The van der Waals surface area contributed by atoms with Crippen molar-refractivity contribution in [3.8, 4) is 5.75 Å². The molecule has 1 fully saturated rings. The predicted molar refractivity (Wildman–Crippen MR) is 122 cm³/mol. The number of oxime groups is 1. The number of amidine groups is 1. The molecule has 0 atom stereocenters. The zero-order valence-electron chi connectivity index (χ0n) is 18.7. The summed E-state index contributed by atoms with van der Waals surface area (Å²) in [7, 11) is 0. The first kappa shape index (κ1) is 24.9. The lowest BCUT2D eigenvalue weighted by Crippen LogP contribution is -2.38. The van der Waals surface area contributed by atoms with Gasteiger partial charge in [0.2, 0.25) is 0 Å². The van der Waals surface area contributed by atoms with Gasteiger partial charge in [0.05, 0.1) is 12.2 Å². The maximum absolute atomic E-state index is 13.7. The molecule has 1 heterocycles. The van der Waals surface area contributed by atoms with E-state index in [4.69, 9.17) is 15.7 Å². The van der Waals surface area contributed by atoms with Gasteiger partial charge >= 0.3 is 6.18 Å². The molecule has 0 saturated carbocycles. The summed E-state index contributed by atoms with van der Waals surface area (Å²) in [5, 5.41) is 11.9. The smallest absolute Gasteiger partial charge is 0.419 e. The number of ether oxygens (including phenoxy) is 1. The Bertz CT molecular complexity index is 896. The number of aryl methyl sites for hydroxylation is 1. The first-order valence-corrected chi connectivity index (χ1v) is 11.4. The van der Waals surface area contributed by atoms with E-state index in [0.29, 0.717) is 44.5 Å². The SMILES string of the molecule is N/C(=N\O)C1CCN(Cc2ccc(OCCCCCc3ccccc3)c(C(F)(F)F)c2)CC1. The van der Waals surface area contributed by atoms with Crippen LogP contribution in [0.25, 0.3) is 0 Å². The molecule has 0 aliphatic carbocycles. The number of nitrogens with two attached hydrogens (primary N) is 1. The van der Waals surface area contributed by atoms with Crippen molar-refractivity contribution in [1.29, 1.82) is 0 Å². The Hall–Kier alpha value is -2.74. The number of piperidine rings is 1. The quantitative estimate of drug-likeness (QED) is 0.161. The number of benzene rings is 2. The third-order valence-electron chi connectivity index (χ3n) is 6.09. The van der Waals surface area contributed by atoms with Gasteiger partial charge in [0, 0.05) is 12.5 Å². The van der Waals surface area contributed by atoms with Crippen molar-refractivity contribution in [3.63, 3.8) is 0 Å². The fraction of sp³-hybridized carbons (Fsp3) is 0.480. The molecule has 3 N–H and O–H groups in total. The van der Waals surface area contributed by atoms with Gasteiger partial charge in [-0.3, -0.25) is 4.90 Å². The summed E-state index contributed by atoms with van der Waals surface area (Å²) < 4.78 is 46.5. The number of alkyl halides is 3. The molecule has 0 aromatic heterocycles. The summed E-state index contributed by atoms with van der Waals surface area (Å²) in [6.07, 6.45) is 0.500. The Morgan fingerprint density at radius 3 is 2.42 bits per heavy atom. The van der Waals surface area contributed by atoms with E-state index in [-0.39, 0.29) is 24.1 Å². The highest BCUT2D eigenvalue weighted by Gasteiger charge is 2.35. The normalized spacial score (nSPS) is 16.2. The van der Waals surface area contributed by atoms with Gasteiger partial charge in [0.1, 0.15) is 11.6 Å². The average Bonchev–Trinajstić information content (AvgIpc) is 2.82. The van der Waals surface area contributed by atoms with E-state index in [9.17, 15) is 13.2 Å². The van der Waals surface area contributed by atoms with E-state index >= 15 is 0 Å². The highest BCUT2D eigenvalue weighted by molar-refractivity contribution is 5.82. The molecule has 0 spiro atoms. The number of unbranched alkanes of at least 4 members (excludes halogenated alkanes) is 2. The van der Waals surface area contributed by atoms with E-state index in [0.717, 1.165) is 19.3 Å². The van der Waals surface area contributed by atoms with Crippen LogP contribution in [0, 0.1) is 5.92 Å². The minimum absolute atomic E-state index is 0.0143. The van der Waals surface area contributed by atoms with Crippen LogP contribution in [0.1, 0.15) is 48.8 Å². The minimum atomic E-state index is -4.47. The van der Waals surface area contributed by atoms with Crippen LogP contribution < -0.4 is 10.5 Å². The second-order valence-electron chi connectivity index (χ2n) is 8.55. The molecule has 0 bridgehead atoms. The molecule has 3 rings (SSSR count). The largest absolute Gasteiger partial charge is 0.493 e. The van der Waals surface area contributed by atoms with Gasteiger partial charge < -0.3 is 15.7 Å². The topological polar surface area (TPSA) is 71.1 Å². The van der Waals surface area contributed by atoms with Crippen molar-refractivity contribution in [2.75, 3.05) is 19.7 Å². The van der Waals surface area contributed by atoms with Crippen LogP contribution in [0.15, 0.2) is 53.7 Å². The predicted octanol–water partition coefficient (Wildman–Crippen LogP) is 5.46. The third kappa shape index (κ3) is 7.67. The van der Waals surface area contributed by atoms with Crippen molar-refractivity contribution in [1.82, 2.24) is 4.90 Å². The van der Waals surface area contributed by atoms with Crippen molar-refractivity contribution < 1.29 is 23.1 Å². The zero-order valence-corrected chi connectivity index (χ0v) is 18.7. The maximum atomic E-state index is 13.7. The van der Waals surface area contributed by atoms with Crippen molar-refractivity contribution in [3.05, 3.63) is 65.2 Å². The van der Waals surface area contributed by atoms with Gasteiger partial charge in [-0.15, -0.1) is 0 Å². The van der Waals surface area contributed by atoms with Crippen LogP contribution >= 0.6 is 0 Å². The van der Waals surface area contributed by atoms with Crippen LogP contribution in [-0.4, -0.2) is 35.6 Å². The molecule has 1 aliphatic rings. The number of nitrogens with zero attached hydrogens (tertiary/aromatic N) is 2. The molecule has 0 amide bonds. The molecule has 8 heteroatoms. The van der Waals surface area contributed by atoms with Crippen LogP contribution in [0.5, 0.6) is 5.75 Å². The molecular formula is C25H32F3N3O2. The fourth-order valence-corrected chi connectivity index (χ4v) is 4.18. The molecule has 33 heavy (non-hydrogen) atoms. The summed E-state index contributed by atoms with van der Waals surface area (Å²) >= 11 is 0. The summed E-state index contributed by atoms with van der Waals surface area (Å²) in [4.78, 5) is 2.09. The van der Waals surface area contributed by atoms with Crippen molar-refractivity contribution >= 4 is 5.84 Å². The molecular weight excluding hydrogens is 431 g/mol. The van der Waals surface area contributed by atoms with E-state index in [1.54, 1.807) is 6.07 Å². The van der Waals surface area contributed by atoms with Crippen LogP contribution in [0.2, 0.25) is 0 Å². The number of halogens is 3. The van der Waals surface area contributed by atoms with Gasteiger partial charge in [-0.25, -0.2) is 0 Å². The van der Waals surface area contributed by atoms with Crippen molar-refractivity contribution in [2.24, 2.45) is 16.8 Å². The lowest BCUT2D eigenvalue weighted by molar-refractivity contribution is -0.139. The maximum Gasteiger partial charge on any atom is 0.419 e. The fourth-order valence-electron chi connectivity index (χ4n) is 4.18. The zero-order chi connectivity index (χ0) is 23.7. The average molecular weight is 464 g/mol. The molecule has 5 nitrogen and oxygen atoms in total. The van der Waals surface area contributed by atoms with Crippen molar-refractivity contribution in [2.45, 2.75) is 51.2 Å². The van der Waals surface area contributed by atoms with Crippen LogP contribution in [-0.2, 0) is 19.1 Å². The lowest BCUT2D eigenvalue weighted by atomic mass is 9.95. The Labute approximate surface area is 193 Å². The Kier molecular flexibility index (Phi) is 9.00. The third-order valence-corrected chi connectivity index (χ3v) is 6.09. The van der Waals surface area contributed by atoms with E-state index in [1.165, 1.54) is 17.7 Å². The monoisotopic (exact) mass is 463 g/mol. The molecule has 2 aromatic rings. The van der Waals surface area contributed by atoms with Gasteiger partial charge in [0.25, 0.3) is 0 Å². The summed E-state index contributed by atoms with van der Waals surface area (Å²) in [5.74, 6) is 0.121. The highest BCUT2D eigenvalue weighted by atomic mass is 19.4. The number of rotatable bonds is 10. The van der Waals surface area contributed by atoms with E-state index < -0.39 is 11.7 Å².